The van der Waals surface area contributed by atoms with Crippen LogP contribution in [0.15, 0.2) is 6.07 Å². The van der Waals surface area contributed by atoms with Gasteiger partial charge in [0, 0.05) is 19.2 Å². The number of aromatic nitrogens is 1. The van der Waals surface area contributed by atoms with E-state index in [-0.39, 0.29) is 11.6 Å². The van der Waals surface area contributed by atoms with Crippen LogP contribution in [0.25, 0.3) is 0 Å². The second-order valence-corrected chi connectivity index (χ2v) is 5.70. The van der Waals surface area contributed by atoms with Gasteiger partial charge in [0.2, 0.25) is 0 Å². The summed E-state index contributed by atoms with van der Waals surface area (Å²) >= 11 is 0. The van der Waals surface area contributed by atoms with Gasteiger partial charge in [0.1, 0.15) is 0 Å². The monoisotopic (exact) mass is 283 g/mol. The number of anilines is 2. The zero-order chi connectivity index (χ0) is 14.5. The van der Waals surface area contributed by atoms with E-state index >= 15 is 0 Å². The fourth-order valence-corrected chi connectivity index (χ4v) is 2.87. The standard InChI is InChI=1S/C15H23F2N3/c1-3-18-14-12(16)8-13(17)15(20-14)19-9-11-6-4-5-10(2)7-11/h8,10-11H,3-7,9H2,1-2H3,(H2,18,19,20). The average molecular weight is 283 g/mol. The smallest absolute Gasteiger partial charge is 0.168 e. The molecule has 112 valence electrons. The lowest BCUT2D eigenvalue weighted by atomic mass is 9.82. The van der Waals surface area contributed by atoms with E-state index in [1.54, 1.807) is 0 Å². The zero-order valence-electron chi connectivity index (χ0n) is 12.2. The highest BCUT2D eigenvalue weighted by atomic mass is 19.1. The molecule has 0 aliphatic heterocycles. The topological polar surface area (TPSA) is 37.0 Å². The molecule has 1 heterocycles. The molecule has 1 fully saturated rings. The summed E-state index contributed by atoms with van der Waals surface area (Å²) in [4.78, 5) is 3.99. The zero-order valence-corrected chi connectivity index (χ0v) is 12.2. The molecule has 1 aromatic heterocycles. The first kappa shape index (κ1) is 15.0. The molecule has 1 saturated carbocycles. The molecule has 5 heteroatoms. The van der Waals surface area contributed by atoms with E-state index in [0.29, 0.717) is 19.0 Å². The van der Waals surface area contributed by atoms with E-state index in [4.69, 9.17) is 0 Å². The molecular weight excluding hydrogens is 260 g/mol. The van der Waals surface area contributed by atoms with Crippen molar-refractivity contribution in [3.05, 3.63) is 17.7 Å². The summed E-state index contributed by atoms with van der Waals surface area (Å²) in [7, 11) is 0. The number of halogens is 2. The van der Waals surface area contributed by atoms with Gasteiger partial charge in [0.25, 0.3) is 0 Å². The van der Waals surface area contributed by atoms with Crippen LogP contribution < -0.4 is 10.6 Å². The van der Waals surface area contributed by atoms with Gasteiger partial charge < -0.3 is 10.6 Å². The third-order valence-electron chi connectivity index (χ3n) is 3.88. The molecule has 2 N–H and O–H groups in total. The maximum Gasteiger partial charge on any atom is 0.168 e. The average Bonchev–Trinajstić information content (AvgIpc) is 2.41. The number of rotatable bonds is 5. The van der Waals surface area contributed by atoms with E-state index in [0.717, 1.165) is 18.4 Å². The van der Waals surface area contributed by atoms with Gasteiger partial charge in [-0.1, -0.05) is 19.8 Å². The van der Waals surface area contributed by atoms with Gasteiger partial charge in [0.15, 0.2) is 23.3 Å². The van der Waals surface area contributed by atoms with Crippen molar-refractivity contribution in [2.24, 2.45) is 11.8 Å². The highest BCUT2D eigenvalue weighted by Crippen LogP contribution is 2.29. The first-order chi connectivity index (χ1) is 9.60. The van der Waals surface area contributed by atoms with Crippen LogP contribution in [0.4, 0.5) is 20.4 Å². The molecular formula is C15H23F2N3. The molecule has 0 amide bonds. The Morgan fingerprint density at radius 3 is 2.55 bits per heavy atom. The normalized spacial score (nSPS) is 22.6. The van der Waals surface area contributed by atoms with Crippen molar-refractivity contribution in [2.75, 3.05) is 23.7 Å². The number of nitrogens with one attached hydrogen (secondary N) is 2. The number of hydrogen-bond donors (Lipinski definition) is 2. The summed E-state index contributed by atoms with van der Waals surface area (Å²) < 4.78 is 27.2. The van der Waals surface area contributed by atoms with Gasteiger partial charge in [-0.15, -0.1) is 0 Å². The van der Waals surface area contributed by atoms with Crippen LogP contribution in [-0.2, 0) is 0 Å². The fourth-order valence-electron chi connectivity index (χ4n) is 2.87. The third-order valence-corrected chi connectivity index (χ3v) is 3.88. The molecule has 20 heavy (non-hydrogen) atoms. The summed E-state index contributed by atoms with van der Waals surface area (Å²) in [5, 5.41) is 5.83. The molecule has 0 spiro atoms. The molecule has 0 aromatic carbocycles. The van der Waals surface area contributed by atoms with Gasteiger partial charge in [0.05, 0.1) is 0 Å². The van der Waals surface area contributed by atoms with Crippen LogP contribution >= 0.6 is 0 Å². The molecule has 1 aliphatic rings. The minimum Gasteiger partial charge on any atom is -0.368 e. The first-order valence-corrected chi connectivity index (χ1v) is 7.44. The maximum absolute atomic E-state index is 13.7. The fraction of sp³-hybridized carbons (Fsp3) is 0.667. The summed E-state index contributed by atoms with van der Waals surface area (Å²) in [6.07, 6.45) is 4.84. The second-order valence-electron chi connectivity index (χ2n) is 5.70. The van der Waals surface area contributed by atoms with Crippen molar-refractivity contribution in [2.45, 2.75) is 39.5 Å². The number of hydrogen-bond acceptors (Lipinski definition) is 3. The van der Waals surface area contributed by atoms with Crippen LogP contribution in [-0.4, -0.2) is 18.1 Å². The lowest BCUT2D eigenvalue weighted by Gasteiger charge is -2.27. The number of nitrogens with zero attached hydrogens (tertiary/aromatic N) is 1. The summed E-state index contributed by atoms with van der Waals surface area (Å²) in [5.41, 5.74) is 0. The van der Waals surface area contributed by atoms with Crippen LogP contribution in [0.2, 0.25) is 0 Å². The van der Waals surface area contributed by atoms with Crippen molar-refractivity contribution in [3.8, 4) is 0 Å². The molecule has 0 radical (unpaired) electrons. The van der Waals surface area contributed by atoms with Gasteiger partial charge >= 0.3 is 0 Å². The van der Waals surface area contributed by atoms with Crippen LogP contribution in [0.5, 0.6) is 0 Å². The second kappa shape index (κ2) is 6.86. The van der Waals surface area contributed by atoms with Crippen LogP contribution in [0.1, 0.15) is 39.5 Å². The van der Waals surface area contributed by atoms with Crippen molar-refractivity contribution in [3.63, 3.8) is 0 Å². The quantitative estimate of drug-likeness (QED) is 0.856. The minimum absolute atomic E-state index is 0.105. The Bertz CT molecular complexity index is 451. The van der Waals surface area contributed by atoms with Gasteiger partial charge in [-0.3, -0.25) is 0 Å². The Labute approximate surface area is 119 Å². The molecule has 2 atom stereocenters. The highest BCUT2D eigenvalue weighted by molar-refractivity contribution is 5.47. The Balaban J connectivity index is 1.99. The summed E-state index contributed by atoms with van der Waals surface area (Å²) in [5.74, 6) is 0.245. The molecule has 0 bridgehead atoms. The van der Waals surface area contributed by atoms with Crippen LogP contribution in [0, 0.1) is 23.5 Å². The lowest BCUT2D eigenvalue weighted by molar-refractivity contribution is 0.293. The number of pyridine rings is 1. The van der Waals surface area contributed by atoms with Gasteiger partial charge in [-0.2, -0.15) is 0 Å². The van der Waals surface area contributed by atoms with Gasteiger partial charge in [-0.05, 0) is 31.6 Å². The molecule has 3 nitrogen and oxygen atoms in total. The van der Waals surface area contributed by atoms with Gasteiger partial charge in [-0.25, -0.2) is 13.8 Å². The van der Waals surface area contributed by atoms with E-state index in [2.05, 4.69) is 22.5 Å². The molecule has 2 rings (SSSR count). The Morgan fingerprint density at radius 2 is 1.90 bits per heavy atom. The summed E-state index contributed by atoms with van der Waals surface area (Å²) in [6, 6.07) is 0.886. The predicted octanol–water partition coefficient (Wildman–Crippen LogP) is 4.03. The maximum atomic E-state index is 13.7. The minimum atomic E-state index is -0.652. The van der Waals surface area contributed by atoms with Crippen LogP contribution in [0.3, 0.4) is 0 Å². The SMILES string of the molecule is CCNc1nc(NCC2CCCC(C)C2)c(F)cc1F. The molecule has 0 saturated heterocycles. The van der Waals surface area contributed by atoms with Crippen molar-refractivity contribution in [1.29, 1.82) is 0 Å². The third kappa shape index (κ3) is 3.81. The van der Waals surface area contributed by atoms with Crippen molar-refractivity contribution < 1.29 is 8.78 Å². The molecule has 2 unspecified atom stereocenters. The van der Waals surface area contributed by atoms with E-state index < -0.39 is 11.6 Å². The molecule has 1 aliphatic carbocycles. The van der Waals surface area contributed by atoms with Crippen molar-refractivity contribution >= 4 is 11.6 Å². The Hall–Kier alpha value is -1.39. The van der Waals surface area contributed by atoms with E-state index in [1.165, 1.54) is 19.3 Å². The highest BCUT2D eigenvalue weighted by Gasteiger charge is 2.19. The van der Waals surface area contributed by atoms with Crippen molar-refractivity contribution in [1.82, 2.24) is 4.98 Å². The first-order valence-electron chi connectivity index (χ1n) is 7.44. The lowest BCUT2D eigenvalue weighted by Crippen LogP contribution is -2.22. The largest absolute Gasteiger partial charge is 0.368 e. The summed E-state index contributed by atoms with van der Waals surface area (Å²) in [6.45, 7) is 5.35. The molecule has 1 aromatic rings. The van der Waals surface area contributed by atoms with E-state index in [9.17, 15) is 8.78 Å². The van der Waals surface area contributed by atoms with E-state index in [1.807, 2.05) is 6.92 Å². The predicted molar refractivity (Wildman–Crippen MR) is 77.9 cm³/mol. The Kier molecular flexibility index (Phi) is 5.15. The Morgan fingerprint density at radius 1 is 1.20 bits per heavy atom.